The first kappa shape index (κ1) is 11.0. The van der Waals surface area contributed by atoms with Gasteiger partial charge in [-0.2, -0.15) is 0 Å². The van der Waals surface area contributed by atoms with Gasteiger partial charge in [-0.25, -0.2) is 0 Å². The van der Waals surface area contributed by atoms with Crippen LogP contribution in [0.15, 0.2) is 0 Å². The van der Waals surface area contributed by atoms with Crippen LogP contribution in [0.3, 0.4) is 0 Å². The summed E-state index contributed by atoms with van der Waals surface area (Å²) in [4.78, 5) is 0. The van der Waals surface area contributed by atoms with Gasteiger partial charge < -0.3 is 11.1 Å². The van der Waals surface area contributed by atoms with Gasteiger partial charge in [-0.1, -0.05) is 32.1 Å². The molecule has 1 atom stereocenters. The first-order chi connectivity index (χ1) is 6.29. The van der Waals surface area contributed by atoms with Gasteiger partial charge in [-0.3, -0.25) is 0 Å². The molecule has 1 fully saturated rings. The van der Waals surface area contributed by atoms with E-state index in [1.807, 2.05) is 6.92 Å². The first-order valence-corrected chi connectivity index (χ1v) is 5.75. The molecule has 0 aliphatic heterocycles. The molecule has 0 bridgehead atoms. The van der Waals surface area contributed by atoms with Crippen LogP contribution >= 0.6 is 0 Å². The highest BCUT2D eigenvalue weighted by Gasteiger charge is 2.12. The standard InChI is InChI=1S/C11H24N2/c1-10(12)9-13-8-7-11-5-3-2-4-6-11/h10-11,13H,2-9,12H2,1H3. The number of hydrogen-bond acceptors (Lipinski definition) is 2. The molecule has 0 aromatic rings. The van der Waals surface area contributed by atoms with Crippen molar-refractivity contribution in [1.82, 2.24) is 5.32 Å². The molecular formula is C11H24N2. The summed E-state index contributed by atoms with van der Waals surface area (Å²) in [5, 5.41) is 3.41. The van der Waals surface area contributed by atoms with Gasteiger partial charge >= 0.3 is 0 Å². The molecule has 13 heavy (non-hydrogen) atoms. The number of hydrogen-bond donors (Lipinski definition) is 2. The largest absolute Gasteiger partial charge is 0.327 e. The third-order valence-corrected chi connectivity index (χ3v) is 2.92. The zero-order chi connectivity index (χ0) is 9.52. The van der Waals surface area contributed by atoms with Crippen LogP contribution < -0.4 is 11.1 Å². The predicted molar refractivity (Wildman–Crippen MR) is 57.7 cm³/mol. The Balaban J connectivity index is 1.92. The molecule has 0 heterocycles. The van der Waals surface area contributed by atoms with Crippen LogP contribution in [0.1, 0.15) is 45.4 Å². The fourth-order valence-corrected chi connectivity index (χ4v) is 2.11. The molecule has 0 spiro atoms. The average molecular weight is 184 g/mol. The molecule has 1 saturated carbocycles. The van der Waals surface area contributed by atoms with Crippen molar-refractivity contribution in [3.63, 3.8) is 0 Å². The Labute approximate surface area is 82.3 Å². The van der Waals surface area contributed by atoms with Crippen LogP contribution in [0.25, 0.3) is 0 Å². The molecular weight excluding hydrogens is 160 g/mol. The minimum absolute atomic E-state index is 0.298. The fraction of sp³-hybridized carbons (Fsp3) is 1.00. The summed E-state index contributed by atoms with van der Waals surface area (Å²) >= 11 is 0. The van der Waals surface area contributed by atoms with Crippen molar-refractivity contribution in [2.75, 3.05) is 13.1 Å². The van der Waals surface area contributed by atoms with E-state index in [0.29, 0.717) is 6.04 Å². The van der Waals surface area contributed by atoms with Gasteiger partial charge in [0.15, 0.2) is 0 Å². The third kappa shape index (κ3) is 5.27. The zero-order valence-electron chi connectivity index (χ0n) is 8.89. The van der Waals surface area contributed by atoms with E-state index < -0.39 is 0 Å². The van der Waals surface area contributed by atoms with Crippen molar-refractivity contribution in [1.29, 1.82) is 0 Å². The van der Waals surface area contributed by atoms with Gasteiger partial charge in [0.1, 0.15) is 0 Å². The van der Waals surface area contributed by atoms with Gasteiger partial charge in [0, 0.05) is 12.6 Å². The van der Waals surface area contributed by atoms with Crippen LogP contribution in [0.4, 0.5) is 0 Å². The highest BCUT2D eigenvalue weighted by Crippen LogP contribution is 2.25. The molecule has 0 amide bonds. The third-order valence-electron chi connectivity index (χ3n) is 2.92. The van der Waals surface area contributed by atoms with Gasteiger partial charge in [0.25, 0.3) is 0 Å². The fourth-order valence-electron chi connectivity index (χ4n) is 2.11. The Morgan fingerprint density at radius 3 is 2.62 bits per heavy atom. The Hall–Kier alpha value is -0.0800. The normalized spacial score (nSPS) is 21.7. The molecule has 0 aromatic heterocycles. The Morgan fingerprint density at radius 2 is 2.00 bits per heavy atom. The van der Waals surface area contributed by atoms with Crippen LogP contribution in [-0.4, -0.2) is 19.1 Å². The molecule has 1 rings (SSSR count). The molecule has 1 aliphatic carbocycles. The van der Waals surface area contributed by atoms with E-state index in [1.54, 1.807) is 0 Å². The van der Waals surface area contributed by atoms with Crippen LogP contribution in [0.2, 0.25) is 0 Å². The van der Waals surface area contributed by atoms with Crippen molar-refractivity contribution in [2.45, 2.75) is 51.5 Å². The topological polar surface area (TPSA) is 38.0 Å². The maximum atomic E-state index is 5.65. The summed E-state index contributed by atoms with van der Waals surface area (Å²) < 4.78 is 0. The van der Waals surface area contributed by atoms with Crippen LogP contribution in [-0.2, 0) is 0 Å². The molecule has 0 radical (unpaired) electrons. The molecule has 2 nitrogen and oxygen atoms in total. The Morgan fingerprint density at radius 1 is 1.31 bits per heavy atom. The minimum Gasteiger partial charge on any atom is -0.327 e. The maximum absolute atomic E-state index is 5.65. The van der Waals surface area contributed by atoms with Gasteiger partial charge in [-0.15, -0.1) is 0 Å². The molecule has 0 aromatic carbocycles. The van der Waals surface area contributed by atoms with Crippen molar-refractivity contribution >= 4 is 0 Å². The van der Waals surface area contributed by atoms with Crippen molar-refractivity contribution in [3.05, 3.63) is 0 Å². The summed E-state index contributed by atoms with van der Waals surface area (Å²) in [6, 6.07) is 0.298. The molecule has 78 valence electrons. The number of rotatable bonds is 5. The summed E-state index contributed by atoms with van der Waals surface area (Å²) in [6.45, 7) is 4.17. The lowest BCUT2D eigenvalue weighted by molar-refractivity contribution is 0.333. The maximum Gasteiger partial charge on any atom is 0.0136 e. The van der Waals surface area contributed by atoms with E-state index in [2.05, 4.69) is 5.32 Å². The monoisotopic (exact) mass is 184 g/mol. The predicted octanol–water partition coefficient (Wildman–Crippen LogP) is 1.89. The highest BCUT2D eigenvalue weighted by molar-refractivity contribution is 4.67. The second kappa shape index (κ2) is 6.39. The second-order valence-corrected chi connectivity index (χ2v) is 4.47. The molecule has 2 heteroatoms. The highest BCUT2D eigenvalue weighted by atomic mass is 14.9. The second-order valence-electron chi connectivity index (χ2n) is 4.47. The van der Waals surface area contributed by atoms with E-state index in [4.69, 9.17) is 5.73 Å². The SMILES string of the molecule is CC(N)CNCCC1CCCCC1. The van der Waals surface area contributed by atoms with Gasteiger partial charge in [-0.05, 0) is 25.8 Å². The van der Waals surface area contributed by atoms with Crippen LogP contribution in [0.5, 0.6) is 0 Å². The van der Waals surface area contributed by atoms with E-state index >= 15 is 0 Å². The van der Waals surface area contributed by atoms with Crippen molar-refractivity contribution in [2.24, 2.45) is 11.7 Å². The van der Waals surface area contributed by atoms with Crippen molar-refractivity contribution in [3.8, 4) is 0 Å². The summed E-state index contributed by atoms with van der Waals surface area (Å²) in [7, 11) is 0. The zero-order valence-corrected chi connectivity index (χ0v) is 8.89. The molecule has 0 saturated heterocycles. The van der Waals surface area contributed by atoms with E-state index in [0.717, 1.165) is 19.0 Å². The molecule has 1 aliphatic rings. The molecule has 1 unspecified atom stereocenters. The average Bonchev–Trinajstić information content (AvgIpc) is 2.14. The van der Waals surface area contributed by atoms with E-state index in [9.17, 15) is 0 Å². The van der Waals surface area contributed by atoms with Crippen LogP contribution in [0, 0.1) is 5.92 Å². The Bertz CT molecular complexity index is 117. The summed E-state index contributed by atoms with van der Waals surface area (Å²) in [6.07, 6.45) is 8.64. The number of nitrogens with two attached hydrogens (primary N) is 1. The van der Waals surface area contributed by atoms with Crippen molar-refractivity contribution < 1.29 is 0 Å². The lowest BCUT2D eigenvalue weighted by Gasteiger charge is -2.21. The minimum atomic E-state index is 0.298. The number of nitrogens with one attached hydrogen (secondary N) is 1. The first-order valence-electron chi connectivity index (χ1n) is 5.75. The van der Waals surface area contributed by atoms with Gasteiger partial charge in [0.2, 0.25) is 0 Å². The quantitative estimate of drug-likeness (QED) is 0.640. The summed E-state index contributed by atoms with van der Waals surface area (Å²) in [5.74, 6) is 0.995. The molecule has 3 N–H and O–H groups in total. The smallest absolute Gasteiger partial charge is 0.0136 e. The summed E-state index contributed by atoms with van der Waals surface area (Å²) in [5.41, 5.74) is 5.65. The van der Waals surface area contributed by atoms with Gasteiger partial charge in [0.05, 0.1) is 0 Å². The van der Waals surface area contributed by atoms with E-state index in [-0.39, 0.29) is 0 Å². The lowest BCUT2D eigenvalue weighted by atomic mass is 9.87. The van der Waals surface area contributed by atoms with E-state index in [1.165, 1.54) is 38.5 Å². The Kier molecular flexibility index (Phi) is 5.40. The lowest BCUT2D eigenvalue weighted by Crippen LogP contribution is -2.32.